The zero-order chi connectivity index (χ0) is 24.5. The van der Waals surface area contributed by atoms with Crippen LogP contribution in [0.5, 0.6) is 23.0 Å². The van der Waals surface area contributed by atoms with E-state index in [1.54, 1.807) is 24.1 Å². The average molecular weight is 495 g/mol. The number of nitrogens with one attached hydrogen (secondary N) is 1. The fraction of sp³-hybridized carbons (Fsp3) is 0.308. The van der Waals surface area contributed by atoms with E-state index < -0.39 is 12.0 Å². The van der Waals surface area contributed by atoms with Crippen molar-refractivity contribution in [2.75, 3.05) is 34.4 Å². The van der Waals surface area contributed by atoms with Crippen LogP contribution in [0.4, 0.5) is 0 Å². The first kappa shape index (κ1) is 23.0. The summed E-state index contributed by atoms with van der Waals surface area (Å²) in [5.41, 5.74) is 1.03. The minimum atomic E-state index is -0.650. The molecule has 2 aliphatic heterocycles. The van der Waals surface area contributed by atoms with Crippen LogP contribution in [0.2, 0.25) is 0 Å². The Morgan fingerprint density at radius 1 is 1.11 bits per heavy atom. The third kappa shape index (κ3) is 4.16. The van der Waals surface area contributed by atoms with Crippen LogP contribution in [0, 0.1) is 0 Å². The van der Waals surface area contributed by atoms with E-state index >= 15 is 0 Å². The van der Waals surface area contributed by atoms with E-state index in [4.69, 9.17) is 18.9 Å². The molecule has 0 saturated carbocycles. The maximum absolute atomic E-state index is 13.7. The highest BCUT2D eigenvalue weighted by atomic mass is 32.1. The molecule has 2 amide bonds. The summed E-state index contributed by atoms with van der Waals surface area (Å²) in [6.45, 7) is 0.595. The number of fused-ring (bicyclic) bond motifs is 2. The quantitative estimate of drug-likeness (QED) is 0.563. The number of hydrogen-bond acceptors (Lipinski definition) is 7. The van der Waals surface area contributed by atoms with Crippen LogP contribution in [0.1, 0.15) is 32.8 Å². The topological polar surface area (TPSA) is 86.3 Å². The van der Waals surface area contributed by atoms with Crippen molar-refractivity contribution in [1.29, 1.82) is 0 Å². The highest BCUT2D eigenvalue weighted by Gasteiger charge is 2.44. The largest absolute Gasteiger partial charge is 0.493 e. The van der Waals surface area contributed by atoms with Crippen LogP contribution in [-0.2, 0) is 4.79 Å². The number of carbonyl (C=O) groups is 2. The molecule has 0 fully saturated rings. The summed E-state index contributed by atoms with van der Waals surface area (Å²) in [4.78, 5) is 29.6. The van der Waals surface area contributed by atoms with Crippen molar-refractivity contribution in [3.05, 3.63) is 69.9 Å². The second kappa shape index (κ2) is 9.50. The summed E-state index contributed by atoms with van der Waals surface area (Å²) >= 11 is 1.51. The van der Waals surface area contributed by atoms with E-state index in [1.807, 2.05) is 41.8 Å². The molecule has 0 unspecified atom stereocenters. The summed E-state index contributed by atoms with van der Waals surface area (Å²) < 4.78 is 22.7. The molecule has 0 aliphatic carbocycles. The Bertz CT molecular complexity index is 1240. The van der Waals surface area contributed by atoms with Crippen LogP contribution in [0.25, 0.3) is 0 Å². The Labute approximate surface area is 207 Å². The Balaban J connectivity index is 1.46. The molecule has 35 heavy (non-hydrogen) atoms. The number of methoxy groups -OCH3 is 2. The van der Waals surface area contributed by atoms with Crippen LogP contribution < -0.4 is 24.3 Å². The summed E-state index contributed by atoms with van der Waals surface area (Å²) in [6, 6.07) is 14.2. The Hall–Kier alpha value is -3.72. The van der Waals surface area contributed by atoms with E-state index in [9.17, 15) is 9.59 Å². The average Bonchev–Trinajstić information content (AvgIpc) is 3.42. The lowest BCUT2D eigenvalue weighted by Crippen LogP contribution is -2.48. The van der Waals surface area contributed by atoms with Gasteiger partial charge in [0.25, 0.3) is 5.91 Å². The molecular weight excluding hydrogens is 468 g/mol. The van der Waals surface area contributed by atoms with Crippen LogP contribution in [0.15, 0.2) is 53.9 Å². The third-order valence-corrected chi connectivity index (χ3v) is 7.31. The minimum absolute atomic E-state index is 0.177. The molecule has 182 valence electrons. The van der Waals surface area contributed by atoms with E-state index in [0.29, 0.717) is 40.7 Å². The van der Waals surface area contributed by atoms with Gasteiger partial charge in [-0.05, 0) is 41.3 Å². The van der Waals surface area contributed by atoms with Crippen LogP contribution >= 0.6 is 11.3 Å². The number of thiophene rings is 1. The van der Waals surface area contributed by atoms with E-state index in [0.717, 1.165) is 4.88 Å². The van der Waals surface area contributed by atoms with Gasteiger partial charge in [-0.25, -0.2) is 0 Å². The van der Waals surface area contributed by atoms with Crippen LogP contribution in [0.3, 0.4) is 0 Å². The summed E-state index contributed by atoms with van der Waals surface area (Å²) in [6.07, 6.45) is -0.332. The molecule has 0 saturated heterocycles. The van der Waals surface area contributed by atoms with Gasteiger partial charge in [-0.2, -0.15) is 0 Å². The van der Waals surface area contributed by atoms with Gasteiger partial charge in [0, 0.05) is 17.5 Å². The molecule has 2 aliphatic rings. The monoisotopic (exact) mass is 494 g/mol. The van der Waals surface area contributed by atoms with Crippen molar-refractivity contribution in [3.63, 3.8) is 0 Å². The van der Waals surface area contributed by atoms with Gasteiger partial charge in [-0.15, -0.1) is 11.3 Å². The smallest absolute Gasteiger partial charge is 0.254 e. The second-order valence-electron chi connectivity index (χ2n) is 8.39. The number of likely N-dealkylation sites (N-methyl/N-ethyl adjacent to an activating group) is 1. The fourth-order valence-corrected chi connectivity index (χ4v) is 5.54. The number of ether oxygens (including phenoxy) is 4. The van der Waals surface area contributed by atoms with Crippen molar-refractivity contribution < 1.29 is 28.5 Å². The highest BCUT2D eigenvalue weighted by molar-refractivity contribution is 7.10. The minimum Gasteiger partial charge on any atom is -0.493 e. The number of benzene rings is 2. The number of amides is 2. The predicted molar refractivity (Wildman–Crippen MR) is 131 cm³/mol. The Morgan fingerprint density at radius 3 is 2.57 bits per heavy atom. The maximum atomic E-state index is 13.7. The second-order valence-corrected chi connectivity index (χ2v) is 9.37. The molecule has 3 atom stereocenters. The molecule has 3 aromatic rings. The van der Waals surface area contributed by atoms with E-state index in [2.05, 4.69) is 5.32 Å². The molecule has 5 rings (SSSR count). The molecular formula is C26H26N2O6S. The normalized spacial score (nSPS) is 20.7. The Kier molecular flexibility index (Phi) is 6.25. The predicted octanol–water partition coefficient (Wildman–Crippen LogP) is 3.63. The van der Waals surface area contributed by atoms with Gasteiger partial charge in [-0.1, -0.05) is 18.2 Å². The zero-order valence-corrected chi connectivity index (χ0v) is 20.5. The molecule has 2 aromatic carbocycles. The standard InChI is InChI=1S/C26H26N2O6S/c1-28-24(22-9-6-10-35-22)23(16-11-20(31-2)21(32-3)12-17(16)26(28)30)25(29)27-13-15-14-33-18-7-4-5-8-19(18)34-15/h4-12,15,23-24H,13-14H2,1-3H3,(H,27,29)/t15-,23-,24+/m0/s1. The lowest BCUT2D eigenvalue weighted by atomic mass is 9.81. The molecule has 1 aromatic heterocycles. The van der Waals surface area contributed by atoms with Gasteiger partial charge in [0.2, 0.25) is 5.91 Å². The first-order chi connectivity index (χ1) is 17.0. The van der Waals surface area contributed by atoms with Crippen LogP contribution in [-0.4, -0.2) is 57.2 Å². The lowest BCUT2D eigenvalue weighted by Gasteiger charge is -2.39. The first-order valence-corrected chi connectivity index (χ1v) is 12.1. The van der Waals surface area contributed by atoms with E-state index in [-0.39, 0.29) is 24.5 Å². The maximum Gasteiger partial charge on any atom is 0.254 e. The lowest BCUT2D eigenvalue weighted by molar-refractivity contribution is -0.124. The molecule has 8 nitrogen and oxygen atoms in total. The molecule has 0 spiro atoms. The molecule has 3 heterocycles. The van der Waals surface area contributed by atoms with Gasteiger partial charge in [-0.3, -0.25) is 9.59 Å². The number of rotatable bonds is 6. The van der Waals surface area contributed by atoms with Crippen molar-refractivity contribution in [3.8, 4) is 23.0 Å². The molecule has 0 bridgehead atoms. The third-order valence-electron chi connectivity index (χ3n) is 6.36. The number of carbonyl (C=O) groups excluding carboxylic acids is 2. The molecule has 0 radical (unpaired) electrons. The van der Waals surface area contributed by atoms with Gasteiger partial charge in [0.1, 0.15) is 12.7 Å². The van der Waals surface area contributed by atoms with Crippen molar-refractivity contribution in [1.82, 2.24) is 10.2 Å². The van der Waals surface area contributed by atoms with Crippen molar-refractivity contribution in [2.24, 2.45) is 0 Å². The fourth-order valence-electron chi connectivity index (χ4n) is 4.63. The highest BCUT2D eigenvalue weighted by Crippen LogP contribution is 2.46. The van der Waals surface area contributed by atoms with Gasteiger partial charge >= 0.3 is 0 Å². The summed E-state index contributed by atoms with van der Waals surface area (Å²) in [5.74, 6) is 1.21. The van der Waals surface area contributed by atoms with Crippen molar-refractivity contribution >= 4 is 23.2 Å². The number of para-hydroxylation sites is 2. The van der Waals surface area contributed by atoms with E-state index in [1.165, 1.54) is 25.6 Å². The zero-order valence-electron chi connectivity index (χ0n) is 19.6. The number of hydrogen-bond donors (Lipinski definition) is 1. The van der Waals surface area contributed by atoms with Crippen molar-refractivity contribution in [2.45, 2.75) is 18.1 Å². The Morgan fingerprint density at radius 2 is 1.86 bits per heavy atom. The summed E-state index contributed by atoms with van der Waals surface area (Å²) in [7, 11) is 4.77. The summed E-state index contributed by atoms with van der Waals surface area (Å²) in [5, 5.41) is 4.98. The van der Waals surface area contributed by atoms with Gasteiger partial charge in [0.05, 0.1) is 32.7 Å². The number of nitrogens with zero attached hydrogens (tertiary/aromatic N) is 1. The first-order valence-electron chi connectivity index (χ1n) is 11.2. The molecule has 9 heteroatoms. The van der Waals surface area contributed by atoms with Gasteiger partial charge in [0.15, 0.2) is 23.0 Å². The van der Waals surface area contributed by atoms with Gasteiger partial charge < -0.3 is 29.2 Å². The SMILES string of the molecule is COc1cc2c(cc1OC)[C@H](C(=O)NC[C@H]1COc3ccccc3O1)[C@@H](c1cccs1)N(C)C2=O. The molecule has 1 N–H and O–H groups in total.